The zero-order chi connectivity index (χ0) is 21.1. The molecule has 0 atom stereocenters. The van der Waals surface area contributed by atoms with Crippen molar-refractivity contribution in [2.24, 2.45) is 15.7 Å². The number of rotatable bonds is 6. The number of aromatic nitrogens is 1. The summed E-state index contributed by atoms with van der Waals surface area (Å²) in [5.41, 5.74) is 11.1. The lowest BCUT2D eigenvalue weighted by atomic mass is 10.0. The SMILES string of the molecule is CN=CNCCc1cc(N=C(N)c2ccc(Cl)cc2)cc2c1[nH]c1ccc(Cl)cc12. The maximum Gasteiger partial charge on any atom is 0.131 e. The fourth-order valence-electron chi connectivity index (χ4n) is 3.48. The van der Waals surface area contributed by atoms with E-state index < -0.39 is 0 Å². The van der Waals surface area contributed by atoms with Crippen molar-refractivity contribution < 1.29 is 0 Å². The number of hydrogen-bond donors (Lipinski definition) is 3. The van der Waals surface area contributed by atoms with Gasteiger partial charge in [-0.15, -0.1) is 0 Å². The number of H-pyrrole nitrogens is 1. The molecule has 0 amide bonds. The molecule has 4 N–H and O–H groups in total. The van der Waals surface area contributed by atoms with Crippen molar-refractivity contribution >= 4 is 62.9 Å². The summed E-state index contributed by atoms with van der Waals surface area (Å²) >= 11 is 12.2. The molecule has 0 aliphatic carbocycles. The maximum atomic E-state index is 6.27. The van der Waals surface area contributed by atoms with Gasteiger partial charge in [0.15, 0.2) is 0 Å². The Morgan fingerprint density at radius 3 is 2.57 bits per heavy atom. The number of fused-ring (bicyclic) bond motifs is 3. The third-order valence-electron chi connectivity index (χ3n) is 4.88. The molecule has 0 saturated carbocycles. The molecule has 0 spiro atoms. The van der Waals surface area contributed by atoms with E-state index in [0.717, 1.165) is 51.6 Å². The quantitative estimate of drug-likeness (QED) is 0.213. The number of aromatic amines is 1. The third kappa shape index (κ3) is 4.27. The fourth-order valence-corrected chi connectivity index (χ4v) is 3.78. The molecule has 0 aliphatic heterocycles. The van der Waals surface area contributed by atoms with Crippen LogP contribution >= 0.6 is 23.2 Å². The molecule has 30 heavy (non-hydrogen) atoms. The van der Waals surface area contributed by atoms with Gasteiger partial charge in [-0.25, -0.2) is 4.99 Å². The summed E-state index contributed by atoms with van der Waals surface area (Å²) < 4.78 is 0. The molecule has 3 aromatic carbocycles. The largest absolute Gasteiger partial charge is 0.383 e. The van der Waals surface area contributed by atoms with Crippen LogP contribution in [0.4, 0.5) is 5.69 Å². The van der Waals surface area contributed by atoms with Crippen LogP contribution < -0.4 is 11.1 Å². The van der Waals surface area contributed by atoms with Crippen LogP contribution in [0.3, 0.4) is 0 Å². The predicted octanol–water partition coefficient (Wildman–Crippen LogP) is 5.46. The second kappa shape index (κ2) is 8.78. The van der Waals surface area contributed by atoms with Crippen LogP contribution in [-0.4, -0.2) is 30.8 Å². The topological polar surface area (TPSA) is 78.6 Å². The Morgan fingerprint density at radius 2 is 1.80 bits per heavy atom. The normalized spacial score (nSPS) is 12.3. The van der Waals surface area contributed by atoms with Crippen molar-refractivity contribution in [2.45, 2.75) is 6.42 Å². The van der Waals surface area contributed by atoms with Crippen LogP contribution in [0.2, 0.25) is 10.0 Å². The lowest BCUT2D eigenvalue weighted by Crippen LogP contribution is -2.15. The number of nitrogens with two attached hydrogens (primary N) is 1. The molecule has 5 nitrogen and oxygen atoms in total. The Hall–Kier alpha value is -3.02. The first-order chi connectivity index (χ1) is 14.5. The second-order valence-corrected chi connectivity index (χ2v) is 7.81. The highest BCUT2D eigenvalue weighted by atomic mass is 35.5. The second-order valence-electron chi connectivity index (χ2n) is 6.94. The van der Waals surface area contributed by atoms with E-state index in [2.05, 4.69) is 26.4 Å². The van der Waals surface area contributed by atoms with Gasteiger partial charge in [-0.2, -0.15) is 0 Å². The standard InChI is InChI=1S/C23H21Cl2N5/c1-27-13-28-9-8-15-10-18(29-23(26)14-2-4-16(24)5-3-14)12-20-19-11-17(25)6-7-21(19)30-22(15)20/h2-7,10-13,30H,8-9H2,1H3,(H2,26,29)(H,27,28). The van der Waals surface area contributed by atoms with Gasteiger partial charge in [-0.3, -0.25) is 4.99 Å². The summed E-state index contributed by atoms with van der Waals surface area (Å²) in [4.78, 5) is 12.2. The molecule has 0 saturated heterocycles. The van der Waals surface area contributed by atoms with Crippen LogP contribution in [-0.2, 0) is 6.42 Å². The van der Waals surface area contributed by atoms with Gasteiger partial charge in [0.25, 0.3) is 0 Å². The molecular formula is C23H21Cl2N5. The van der Waals surface area contributed by atoms with E-state index in [1.54, 1.807) is 25.5 Å². The monoisotopic (exact) mass is 437 g/mol. The van der Waals surface area contributed by atoms with Crippen molar-refractivity contribution in [3.8, 4) is 0 Å². The molecular weight excluding hydrogens is 417 g/mol. The number of benzene rings is 3. The first-order valence-corrected chi connectivity index (χ1v) is 10.3. The molecule has 4 aromatic rings. The Kier molecular flexibility index (Phi) is 5.93. The minimum Gasteiger partial charge on any atom is -0.383 e. The Bertz CT molecular complexity index is 1260. The van der Waals surface area contributed by atoms with Crippen LogP contribution in [0.5, 0.6) is 0 Å². The van der Waals surface area contributed by atoms with E-state index in [1.165, 1.54) is 0 Å². The van der Waals surface area contributed by atoms with Crippen molar-refractivity contribution in [2.75, 3.05) is 13.6 Å². The van der Waals surface area contributed by atoms with E-state index in [4.69, 9.17) is 28.9 Å². The molecule has 4 rings (SSSR count). The molecule has 0 aliphatic rings. The number of nitrogens with one attached hydrogen (secondary N) is 2. The molecule has 0 unspecified atom stereocenters. The van der Waals surface area contributed by atoms with Gasteiger partial charge in [0.1, 0.15) is 5.84 Å². The predicted molar refractivity (Wildman–Crippen MR) is 129 cm³/mol. The third-order valence-corrected chi connectivity index (χ3v) is 5.37. The molecule has 0 fully saturated rings. The van der Waals surface area contributed by atoms with E-state index in [9.17, 15) is 0 Å². The highest BCUT2D eigenvalue weighted by Crippen LogP contribution is 2.33. The van der Waals surface area contributed by atoms with E-state index >= 15 is 0 Å². The average molecular weight is 438 g/mol. The van der Waals surface area contributed by atoms with Crippen LogP contribution in [0.25, 0.3) is 21.8 Å². The number of amidine groups is 1. The molecule has 1 heterocycles. The molecule has 152 valence electrons. The summed E-state index contributed by atoms with van der Waals surface area (Å²) in [5, 5.41) is 6.66. The van der Waals surface area contributed by atoms with Gasteiger partial charge in [0.05, 0.1) is 12.0 Å². The highest BCUT2D eigenvalue weighted by molar-refractivity contribution is 6.32. The summed E-state index contributed by atoms with van der Waals surface area (Å²) in [7, 11) is 1.74. The minimum absolute atomic E-state index is 0.436. The van der Waals surface area contributed by atoms with Gasteiger partial charge in [0.2, 0.25) is 0 Å². The van der Waals surface area contributed by atoms with Crippen molar-refractivity contribution in [3.05, 3.63) is 75.8 Å². The minimum atomic E-state index is 0.436. The number of aliphatic imine (C=N–C) groups is 2. The Balaban J connectivity index is 1.82. The van der Waals surface area contributed by atoms with Gasteiger partial charge in [-0.05, 0) is 66.6 Å². The van der Waals surface area contributed by atoms with E-state index in [1.807, 2.05) is 36.4 Å². The molecule has 0 bridgehead atoms. The first-order valence-electron chi connectivity index (χ1n) is 9.53. The van der Waals surface area contributed by atoms with Gasteiger partial charge in [0, 0.05) is 51.0 Å². The molecule has 1 aromatic heterocycles. The van der Waals surface area contributed by atoms with Crippen LogP contribution in [0.15, 0.2) is 64.6 Å². The molecule has 7 heteroatoms. The van der Waals surface area contributed by atoms with Crippen molar-refractivity contribution in [1.29, 1.82) is 0 Å². The van der Waals surface area contributed by atoms with Crippen LogP contribution in [0, 0.1) is 0 Å². The smallest absolute Gasteiger partial charge is 0.131 e. The molecule has 0 radical (unpaired) electrons. The Labute approximate surface area is 184 Å². The summed E-state index contributed by atoms with van der Waals surface area (Å²) in [6.07, 6.45) is 2.50. The average Bonchev–Trinajstić information content (AvgIpc) is 3.09. The lowest BCUT2D eigenvalue weighted by Gasteiger charge is -2.07. The number of nitrogens with zero attached hydrogens (tertiary/aromatic N) is 2. The number of halogens is 2. The van der Waals surface area contributed by atoms with E-state index in [0.29, 0.717) is 15.9 Å². The maximum absolute atomic E-state index is 6.27. The van der Waals surface area contributed by atoms with Crippen LogP contribution in [0.1, 0.15) is 11.1 Å². The van der Waals surface area contributed by atoms with Gasteiger partial charge >= 0.3 is 0 Å². The summed E-state index contributed by atoms with van der Waals surface area (Å²) in [6, 6.07) is 17.3. The zero-order valence-corrected chi connectivity index (χ0v) is 17.9. The Morgan fingerprint density at radius 1 is 1.03 bits per heavy atom. The van der Waals surface area contributed by atoms with Gasteiger partial charge in [-0.1, -0.05) is 23.2 Å². The summed E-state index contributed by atoms with van der Waals surface area (Å²) in [6.45, 7) is 0.752. The van der Waals surface area contributed by atoms with Gasteiger partial charge < -0.3 is 16.0 Å². The highest BCUT2D eigenvalue weighted by Gasteiger charge is 2.11. The lowest BCUT2D eigenvalue weighted by molar-refractivity contribution is 0.881. The summed E-state index contributed by atoms with van der Waals surface area (Å²) in [5.74, 6) is 0.436. The number of hydrogen-bond acceptors (Lipinski definition) is 2. The fraction of sp³-hybridized carbons (Fsp3) is 0.130. The first kappa shape index (κ1) is 20.3. The van der Waals surface area contributed by atoms with Crippen molar-refractivity contribution in [3.63, 3.8) is 0 Å². The van der Waals surface area contributed by atoms with Crippen molar-refractivity contribution in [1.82, 2.24) is 10.3 Å². The zero-order valence-electron chi connectivity index (χ0n) is 16.4. The van der Waals surface area contributed by atoms with E-state index in [-0.39, 0.29) is 0 Å².